The standard InChI is InChI=1S/C50H90O15/c1-3-5-7-9-11-13-15-17-19-21-22-24-26-28-30-32-41(52)60-35-38(63-42(53)33-31-29-27-25-23-20-18-16-14-12-10-8-6-4-2)36-61-49-48(59)46(57)44(55)40(65-49)37-62-50-47(58)45(56)43(54)39(34-51)64-50/h10,12,16,18,38-40,43-51,54-59H,3-9,11,13-15,17,19-37H2,1-2H3/b12-10-,18-16-. The van der Waals surface area contributed by atoms with Crippen LogP contribution in [0.5, 0.6) is 0 Å². The predicted molar refractivity (Wildman–Crippen MR) is 247 cm³/mol. The second kappa shape index (κ2) is 37.9. The molecule has 2 heterocycles. The van der Waals surface area contributed by atoms with E-state index in [1.54, 1.807) is 0 Å². The van der Waals surface area contributed by atoms with Gasteiger partial charge in [-0.15, -0.1) is 0 Å². The fraction of sp³-hybridized carbons (Fsp3) is 0.880. The van der Waals surface area contributed by atoms with Gasteiger partial charge in [0.15, 0.2) is 18.7 Å². The average Bonchev–Trinajstić information content (AvgIpc) is 3.30. The molecule has 0 aliphatic carbocycles. The molecule has 65 heavy (non-hydrogen) atoms. The third kappa shape index (κ3) is 26.4. The summed E-state index contributed by atoms with van der Waals surface area (Å²) in [7, 11) is 0. The summed E-state index contributed by atoms with van der Waals surface area (Å²) in [6, 6.07) is 0. The lowest BCUT2D eigenvalue weighted by Gasteiger charge is -2.42. The van der Waals surface area contributed by atoms with E-state index >= 15 is 0 Å². The molecule has 0 spiro atoms. The van der Waals surface area contributed by atoms with Crippen LogP contribution in [0.1, 0.15) is 187 Å². The van der Waals surface area contributed by atoms with E-state index < -0.39 is 92.7 Å². The van der Waals surface area contributed by atoms with Crippen molar-refractivity contribution in [3.63, 3.8) is 0 Å². The monoisotopic (exact) mass is 931 g/mol. The van der Waals surface area contributed by atoms with Gasteiger partial charge >= 0.3 is 11.9 Å². The van der Waals surface area contributed by atoms with Crippen molar-refractivity contribution in [3.8, 4) is 0 Å². The molecule has 7 N–H and O–H groups in total. The van der Waals surface area contributed by atoms with Gasteiger partial charge in [0, 0.05) is 12.8 Å². The van der Waals surface area contributed by atoms with Crippen molar-refractivity contribution in [2.24, 2.45) is 0 Å². The number of carbonyl (C=O) groups is 2. The van der Waals surface area contributed by atoms with Gasteiger partial charge < -0.3 is 64.2 Å². The van der Waals surface area contributed by atoms with Crippen LogP contribution in [0.3, 0.4) is 0 Å². The lowest BCUT2D eigenvalue weighted by Crippen LogP contribution is -2.61. The Morgan fingerprint density at radius 3 is 1.48 bits per heavy atom. The number of hydrogen-bond acceptors (Lipinski definition) is 15. The zero-order valence-electron chi connectivity index (χ0n) is 40.0. The smallest absolute Gasteiger partial charge is 0.306 e. The van der Waals surface area contributed by atoms with Crippen LogP contribution in [0.4, 0.5) is 0 Å². The molecule has 0 aromatic rings. The molecule has 11 unspecified atom stereocenters. The van der Waals surface area contributed by atoms with Crippen LogP contribution in [-0.2, 0) is 38.0 Å². The van der Waals surface area contributed by atoms with Crippen molar-refractivity contribution in [1.82, 2.24) is 0 Å². The predicted octanol–water partition coefficient (Wildman–Crippen LogP) is 6.77. The van der Waals surface area contributed by atoms with Crippen molar-refractivity contribution in [2.45, 2.75) is 255 Å². The SMILES string of the molecule is CCCC/C=C\C/C=C\CCCCCCCC(=O)OC(COC(=O)CCCCCCCCCCCCCCCCC)COC1OC(COC2OC(CO)C(O)C(O)C2O)C(O)C(O)C1O. The van der Waals surface area contributed by atoms with Crippen LogP contribution >= 0.6 is 0 Å². The van der Waals surface area contributed by atoms with Crippen molar-refractivity contribution < 1.29 is 73.8 Å². The fourth-order valence-corrected chi connectivity index (χ4v) is 7.94. The van der Waals surface area contributed by atoms with E-state index in [1.807, 2.05) is 0 Å². The Morgan fingerprint density at radius 2 is 0.938 bits per heavy atom. The Bertz CT molecular complexity index is 1230. The summed E-state index contributed by atoms with van der Waals surface area (Å²) in [6.07, 6.45) is 20.6. The second-order valence-corrected chi connectivity index (χ2v) is 18.0. The van der Waals surface area contributed by atoms with E-state index in [9.17, 15) is 45.3 Å². The minimum atomic E-state index is -1.76. The minimum absolute atomic E-state index is 0.151. The molecule has 11 atom stereocenters. The van der Waals surface area contributed by atoms with Gasteiger partial charge in [-0.1, -0.05) is 160 Å². The molecular weight excluding hydrogens is 841 g/mol. The van der Waals surface area contributed by atoms with Crippen molar-refractivity contribution in [3.05, 3.63) is 24.3 Å². The highest BCUT2D eigenvalue weighted by Crippen LogP contribution is 2.26. The second-order valence-electron chi connectivity index (χ2n) is 18.0. The summed E-state index contributed by atoms with van der Waals surface area (Å²) in [5.41, 5.74) is 0. The summed E-state index contributed by atoms with van der Waals surface area (Å²) in [6.45, 7) is 2.54. The maximum Gasteiger partial charge on any atom is 0.306 e. The fourth-order valence-electron chi connectivity index (χ4n) is 7.94. The van der Waals surface area contributed by atoms with Crippen LogP contribution in [0.2, 0.25) is 0 Å². The Morgan fingerprint density at radius 1 is 0.492 bits per heavy atom. The van der Waals surface area contributed by atoms with Crippen molar-refractivity contribution in [2.75, 3.05) is 26.4 Å². The van der Waals surface area contributed by atoms with Gasteiger partial charge in [-0.25, -0.2) is 0 Å². The van der Waals surface area contributed by atoms with Gasteiger partial charge in [-0.2, -0.15) is 0 Å². The highest BCUT2D eigenvalue weighted by Gasteiger charge is 2.47. The van der Waals surface area contributed by atoms with Crippen molar-refractivity contribution >= 4 is 11.9 Å². The lowest BCUT2D eigenvalue weighted by molar-refractivity contribution is -0.332. The van der Waals surface area contributed by atoms with Crippen LogP contribution in [0.15, 0.2) is 24.3 Å². The first-order valence-corrected chi connectivity index (χ1v) is 25.4. The Kier molecular flexibility index (Phi) is 34.5. The largest absolute Gasteiger partial charge is 0.462 e. The maximum absolute atomic E-state index is 13.0. The molecule has 2 aliphatic heterocycles. The number of allylic oxidation sites excluding steroid dienone is 4. The van der Waals surface area contributed by atoms with Gasteiger partial charge in [-0.3, -0.25) is 9.59 Å². The molecule has 0 amide bonds. The molecule has 2 rings (SSSR count). The third-order valence-corrected chi connectivity index (χ3v) is 12.2. The number of carbonyl (C=O) groups excluding carboxylic acids is 2. The molecular formula is C50H90O15. The highest BCUT2D eigenvalue weighted by molar-refractivity contribution is 5.70. The molecule has 0 saturated carbocycles. The number of aliphatic hydroxyl groups is 7. The van der Waals surface area contributed by atoms with Gasteiger partial charge in [-0.05, 0) is 38.5 Å². The van der Waals surface area contributed by atoms with Crippen LogP contribution in [0, 0.1) is 0 Å². The molecule has 0 bridgehead atoms. The molecule has 2 fully saturated rings. The number of rotatable bonds is 39. The Hall–Kier alpha value is -2.02. The van der Waals surface area contributed by atoms with Crippen LogP contribution in [-0.4, -0.2) is 142 Å². The molecule has 15 heteroatoms. The summed E-state index contributed by atoms with van der Waals surface area (Å²) in [4.78, 5) is 25.7. The molecule has 0 radical (unpaired) electrons. The maximum atomic E-state index is 13.0. The van der Waals surface area contributed by atoms with E-state index in [-0.39, 0.29) is 26.1 Å². The number of esters is 2. The quantitative estimate of drug-likeness (QED) is 0.0192. The molecule has 2 saturated heterocycles. The first kappa shape index (κ1) is 59.1. The molecule has 380 valence electrons. The number of aliphatic hydroxyl groups excluding tert-OH is 7. The molecule has 0 aromatic carbocycles. The number of ether oxygens (including phenoxy) is 6. The zero-order valence-corrected chi connectivity index (χ0v) is 40.0. The van der Waals surface area contributed by atoms with E-state index in [2.05, 4.69) is 38.2 Å². The first-order chi connectivity index (χ1) is 31.5. The highest BCUT2D eigenvalue weighted by atomic mass is 16.7. The Balaban J connectivity index is 1.82. The van der Waals surface area contributed by atoms with Gasteiger partial charge in [0.2, 0.25) is 0 Å². The van der Waals surface area contributed by atoms with Gasteiger partial charge in [0.25, 0.3) is 0 Å². The minimum Gasteiger partial charge on any atom is -0.462 e. The molecule has 2 aliphatic rings. The Labute approximate surface area is 390 Å². The summed E-state index contributed by atoms with van der Waals surface area (Å²) in [5.74, 6) is -0.935. The first-order valence-electron chi connectivity index (χ1n) is 25.4. The molecule has 15 nitrogen and oxygen atoms in total. The summed E-state index contributed by atoms with van der Waals surface area (Å²) >= 11 is 0. The summed E-state index contributed by atoms with van der Waals surface area (Å²) < 4.78 is 33.5. The van der Waals surface area contributed by atoms with E-state index in [0.717, 1.165) is 64.2 Å². The van der Waals surface area contributed by atoms with Crippen LogP contribution < -0.4 is 0 Å². The molecule has 0 aromatic heterocycles. The van der Waals surface area contributed by atoms with E-state index in [1.165, 1.54) is 83.5 Å². The zero-order chi connectivity index (χ0) is 47.5. The van der Waals surface area contributed by atoms with Crippen LogP contribution in [0.25, 0.3) is 0 Å². The topological polar surface area (TPSA) is 231 Å². The van der Waals surface area contributed by atoms with E-state index in [4.69, 9.17) is 28.4 Å². The normalized spacial score (nSPS) is 26.5. The lowest BCUT2D eigenvalue weighted by atomic mass is 9.98. The number of hydrogen-bond donors (Lipinski definition) is 7. The van der Waals surface area contributed by atoms with Crippen molar-refractivity contribution in [1.29, 1.82) is 0 Å². The van der Waals surface area contributed by atoms with Gasteiger partial charge in [0.1, 0.15) is 55.4 Å². The van der Waals surface area contributed by atoms with E-state index in [0.29, 0.717) is 12.8 Å². The number of unbranched alkanes of at least 4 members (excludes halogenated alkanes) is 21. The van der Waals surface area contributed by atoms with Gasteiger partial charge in [0.05, 0.1) is 19.8 Å². The summed E-state index contributed by atoms with van der Waals surface area (Å²) in [5, 5.41) is 72.0. The average molecular weight is 931 g/mol. The third-order valence-electron chi connectivity index (χ3n) is 12.2.